The minimum absolute atomic E-state index is 0. The molecule has 0 fully saturated rings. The van der Waals surface area contributed by atoms with Crippen molar-refractivity contribution in [1.29, 1.82) is 0 Å². The summed E-state index contributed by atoms with van der Waals surface area (Å²) >= 11 is 0. The monoisotopic (exact) mass is 333 g/mol. The van der Waals surface area contributed by atoms with Gasteiger partial charge in [0.2, 0.25) is 0 Å². The van der Waals surface area contributed by atoms with Gasteiger partial charge in [-0.1, -0.05) is 58.8 Å². The van der Waals surface area contributed by atoms with E-state index in [0.29, 0.717) is 0 Å². The summed E-state index contributed by atoms with van der Waals surface area (Å²) in [5.74, 6) is 8.20. The van der Waals surface area contributed by atoms with E-state index in [0.717, 1.165) is 6.42 Å². The molecule has 0 rings (SSSR count). The van der Waals surface area contributed by atoms with Crippen LogP contribution in [0.15, 0.2) is 0 Å². The summed E-state index contributed by atoms with van der Waals surface area (Å²) in [6.45, 7) is 6.73. The molecule has 5 radical (unpaired) electrons. The Balaban J connectivity index is -0.000000163. The van der Waals surface area contributed by atoms with Crippen LogP contribution in [0.2, 0.25) is 0 Å². The molecule has 0 nitrogen and oxygen atoms in total. The van der Waals surface area contributed by atoms with Crippen molar-refractivity contribution in [2.24, 2.45) is 0 Å². The zero-order chi connectivity index (χ0) is 11.4. The van der Waals surface area contributed by atoms with Crippen LogP contribution >= 0.6 is 0 Å². The van der Waals surface area contributed by atoms with E-state index < -0.39 is 0 Å². The summed E-state index contributed by atoms with van der Waals surface area (Å²) in [7, 11) is 0. The van der Waals surface area contributed by atoms with E-state index in [1.165, 1.54) is 57.3 Å². The molecule has 0 aromatic heterocycles. The molecule has 0 heterocycles. The van der Waals surface area contributed by atoms with Gasteiger partial charge in [-0.25, -0.2) is 0 Å². The summed E-state index contributed by atoms with van der Waals surface area (Å²) in [5.41, 5.74) is 0. The number of hydrogen-bond donors (Lipinski definition) is 0. The molecule has 0 spiro atoms. The van der Waals surface area contributed by atoms with E-state index >= 15 is 0 Å². The van der Waals surface area contributed by atoms with E-state index in [2.05, 4.69) is 32.6 Å². The molecule has 0 unspecified atom stereocenters. The number of hydrogen-bond acceptors (Lipinski definition) is 0. The van der Waals surface area contributed by atoms with Gasteiger partial charge in [0.1, 0.15) is 0 Å². The second-order valence-corrected chi connectivity index (χ2v) is 4.22. The Morgan fingerprint density at radius 3 is 1.81 bits per heavy atom. The molecule has 0 bridgehead atoms. The van der Waals surface area contributed by atoms with E-state index in [-0.39, 0.29) is 28.2 Å². The Morgan fingerprint density at radius 1 is 0.875 bits per heavy atom. The predicted molar refractivity (Wildman–Crippen MR) is 81.7 cm³/mol. The molecule has 0 aliphatic rings. The van der Waals surface area contributed by atoms with Crippen LogP contribution in [0.3, 0.4) is 0 Å². The first-order valence-electron chi connectivity index (χ1n) is 6.68. The maximum Gasteiger partial charge on any atom is 0.0479 e. The van der Waals surface area contributed by atoms with Gasteiger partial charge in [0.15, 0.2) is 0 Å². The van der Waals surface area contributed by atoms with Crippen molar-refractivity contribution >= 4 is 23.9 Å². The van der Waals surface area contributed by atoms with E-state index in [9.17, 15) is 0 Å². The number of rotatable bonds is 8. The maximum absolute atomic E-state index is 3.39. The summed E-state index contributed by atoms with van der Waals surface area (Å²) in [4.78, 5) is 0. The Labute approximate surface area is 124 Å². The molecule has 97 valence electrons. The molecule has 1 heteroatoms. The van der Waals surface area contributed by atoms with Crippen LogP contribution in [0, 0.1) is 17.8 Å². The zero-order valence-corrected chi connectivity index (χ0v) is 14.2. The maximum atomic E-state index is 3.39. The fourth-order valence-electron chi connectivity index (χ4n) is 1.48. The molecule has 0 atom stereocenters. The molecule has 0 aliphatic carbocycles. The van der Waals surface area contributed by atoms with Crippen LogP contribution in [0.4, 0.5) is 0 Å². The van der Waals surface area contributed by atoms with Crippen LogP contribution in [-0.4, -0.2) is 23.9 Å². The molecule has 0 amide bonds. The van der Waals surface area contributed by atoms with Crippen molar-refractivity contribution in [2.45, 2.75) is 78.6 Å². The minimum Gasteiger partial charge on any atom is -0.103 e. The molecule has 0 aromatic carbocycles. The predicted octanol–water partition coefficient (Wildman–Crippen LogP) is 5.49. The largest absolute Gasteiger partial charge is 0.103 e. The first kappa shape index (κ1) is 18.7. The van der Waals surface area contributed by atoms with Crippen molar-refractivity contribution in [3.8, 4) is 11.8 Å². The smallest absolute Gasteiger partial charge is 0.0479 e. The summed E-state index contributed by atoms with van der Waals surface area (Å²) in [6.07, 6.45) is 11.2. The van der Waals surface area contributed by atoms with Gasteiger partial charge in [-0.3, -0.25) is 0 Å². The van der Waals surface area contributed by atoms with E-state index in [1.54, 1.807) is 0 Å². The molecule has 16 heavy (non-hydrogen) atoms. The van der Waals surface area contributed by atoms with Crippen LogP contribution in [-0.2, 0) is 0 Å². The quantitative estimate of drug-likeness (QED) is 0.313. The Hall–Kier alpha value is 0.359. The first-order valence-corrected chi connectivity index (χ1v) is 6.68. The summed E-state index contributed by atoms with van der Waals surface area (Å²) in [5, 5.41) is 0. The van der Waals surface area contributed by atoms with Gasteiger partial charge in [-0.2, -0.15) is 0 Å². The Bertz CT molecular complexity index is 180. The average molecular weight is 332 g/mol. The van der Waals surface area contributed by atoms with Crippen molar-refractivity contribution in [3.05, 3.63) is 5.92 Å². The molecule has 0 saturated carbocycles. The normalized spacial score (nSPS) is 9.50. The van der Waals surface area contributed by atoms with Crippen molar-refractivity contribution in [1.82, 2.24) is 0 Å². The summed E-state index contributed by atoms with van der Waals surface area (Å²) < 4.78 is 0. The minimum atomic E-state index is 0. The second kappa shape index (κ2) is 15.4. The third-order valence-electron chi connectivity index (χ3n) is 2.58. The molecule has 0 N–H and O–H groups in total. The fourth-order valence-corrected chi connectivity index (χ4v) is 1.48. The standard InChI is InChI=1S/C15H27.Sn.3H2/c1-4-7-10-11-14-15(12-8-5-2)13-9-6-3;;;;/h4-10,12-13H2,1-3H3;;3*1H. The molecule has 0 aliphatic heterocycles. The third-order valence-corrected chi connectivity index (χ3v) is 2.58. The van der Waals surface area contributed by atoms with E-state index in [1.807, 2.05) is 0 Å². The molecule has 0 saturated heterocycles. The third kappa shape index (κ3) is 12.4. The van der Waals surface area contributed by atoms with Crippen molar-refractivity contribution < 1.29 is 4.28 Å². The van der Waals surface area contributed by atoms with Gasteiger partial charge in [-0.05, 0) is 19.3 Å². The second-order valence-electron chi connectivity index (χ2n) is 4.22. The van der Waals surface area contributed by atoms with Crippen molar-refractivity contribution in [3.63, 3.8) is 0 Å². The van der Waals surface area contributed by atoms with Gasteiger partial charge in [0, 0.05) is 40.5 Å². The average Bonchev–Trinajstić information content (AvgIpc) is 2.27. The van der Waals surface area contributed by atoms with Crippen LogP contribution in [0.1, 0.15) is 82.8 Å². The molecular weight excluding hydrogens is 299 g/mol. The van der Waals surface area contributed by atoms with Gasteiger partial charge < -0.3 is 0 Å². The zero-order valence-electron chi connectivity index (χ0n) is 11.4. The Kier molecular flexibility index (Phi) is 18.0. The topological polar surface area (TPSA) is 0 Å². The van der Waals surface area contributed by atoms with E-state index in [4.69, 9.17) is 0 Å². The van der Waals surface area contributed by atoms with Crippen molar-refractivity contribution in [2.75, 3.05) is 0 Å². The molecule has 0 aromatic rings. The van der Waals surface area contributed by atoms with Gasteiger partial charge in [0.05, 0.1) is 0 Å². The van der Waals surface area contributed by atoms with Gasteiger partial charge in [0.25, 0.3) is 0 Å². The van der Waals surface area contributed by atoms with Gasteiger partial charge in [-0.15, -0.1) is 5.92 Å². The van der Waals surface area contributed by atoms with Crippen LogP contribution in [0.5, 0.6) is 0 Å². The SMILES string of the molecule is CCCCC#C[C](CCCC)CCCC.[HH].[HH].[HH].[Sn]. The summed E-state index contributed by atoms with van der Waals surface area (Å²) in [6, 6.07) is 0. The van der Waals surface area contributed by atoms with Crippen LogP contribution < -0.4 is 0 Å². The first-order chi connectivity index (χ1) is 7.35. The molecular formula is C15H33Sn. The van der Waals surface area contributed by atoms with Gasteiger partial charge >= 0.3 is 0 Å². The van der Waals surface area contributed by atoms with Crippen LogP contribution in [0.25, 0.3) is 0 Å². The Morgan fingerprint density at radius 2 is 1.38 bits per heavy atom. The fraction of sp³-hybridized carbons (Fsp3) is 0.800. The number of unbranched alkanes of at least 4 members (excludes halogenated alkanes) is 4.